The average molecular weight is 274 g/mol. The molecule has 2 aromatic heterocycles. The van der Waals surface area contributed by atoms with Crippen LogP contribution in [0.25, 0.3) is 0 Å². The van der Waals surface area contributed by atoms with E-state index in [0.29, 0.717) is 6.54 Å². The lowest BCUT2D eigenvalue weighted by atomic mass is 10.2. The number of aromatic nitrogens is 2. The Morgan fingerprint density at radius 3 is 2.30 bits per heavy atom. The maximum absolute atomic E-state index is 5.56. The number of rotatable bonds is 6. The number of nitrogens with zero attached hydrogens (tertiary/aromatic N) is 2. The number of furan rings is 1. The van der Waals surface area contributed by atoms with Crippen molar-refractivity contribution in [3.05, 3.63) is 35.0 Å². The van der Waals surface area contributed by atoms with E-state index in [4.69, 9.17) is 4.42 Å². The van der Waals surface area contributed by atoms with Crippen LogP contribution >= 0.6 is 0 Å². The molecule has 0 amide bonds. The maximum atomic E-state index is 5.56. The summed E-state index contributed by atoms with van der Waals surface area (Å²) in [6.07, 6.45) is 0.813. The summed E-state index contributed by atoms with van der Waals surface area (Å²) in [5.74, 6) is 4.43. The first-order valence-corrected chi connectivity index (χ1v) is 7.04. The minimum absolute atomic E-state index is 0.625. The number of aryl methyl sites for hydroxylation is 2. The van der Waals surface area contributed by atoms with Crippen LogP contribution in [0.4, 0.5) is 11.6 Å². The van der Waals surface area contributed by atoms with Gasteiger partial charge < -0.3 is 15.1 Å². The third kappa shape index (κ3) is 3.29. The normalized spacial score (nSPS) is 10.6. The summed E-state index contributed by atoms with van der Waals surface area (Å²) in [6.45, 7) is 9.55. The lowest BCUT2D eigenvalue weighted by molar-refractivity contribution is 0.490. The summed E-state index contributed by atoms with van der Waals surface area (Å²) < 4.78 is 5.56. The molecule has 0 atom stereocenters. The highest BCUT2D eigenvalue weighted by atomic mass is 16.3. The maximum Gasteiger partial charge on any atom is 0.135 e. The van der Waals surface area contributed by atoms with E-state index in [1.54, 1.807) is 0 Å². The van der Waals surface area contributed by atoms with Crippen molar-refractivity contribution in [1.29, 1.82) is 0 Å². The van der Waals surface area contributed by atoms with Crippen LogP contribution in [-0.4, -0.2) is 16.5 Å². The number of nitrogens with one attached hydrogen (secondary N) is 2. The monoisotopic (exact) mass is 274 g/mol. The van der Waals surface area contributed by atoms with Gasteiger partial charge >= 0.3 is 0 Å². The Morgan fingerprint density at radius 2 is 1.75 bits per heavy atom. The molecule has 0 fully saturated rings. The fourth-order valence-electron chi connectivity index (χ4n) is 1.98. The fraction of sp³-hybridized carbons (Fsp3) is 0.467. The molecule has 2 rings (SSSR count). The fourth-order valence-corrected chi connectivity index (χ4v) is 1.98. The van der Waals surface area contributed by atoms with Crippen LogP contribution in [0.2, 0.25) is 0 Å². The summed E-state index contributed by atoms with van der Waals surface area (Å²) >= 11 is 0. The van der Waals surface area contributed by atoms with E-state index >= 15 is 0 Å². The molecule has 0 bridgehead atoms. The second-order valence-electron chi connectivity index (χ2n) is 4.71. The molecular weight excluding hydrogens is 252 g/mol. The van der Waals surface area contributed by atoms with Gasteiger partial charge in [0.15, 0.2) is 0 Å². The lowest BCUT2D eigenvalue weighted by Crippen LogP contribution is -2.10. The van der Waals surface area contributed by atoms with Crippen LogP contribution in [0.3, 0.4) is 0 Å². The van der Waals surface area contributed by atoms with E-state index in [1.165, 1.54) is 0 Å². The van der Waals surface area contributed by atoms with Gasteiger partial charge in [0.2, 0.25) is 0 Å². The van der Waals surface area contributed by atoms with Gasteiger partial charge in [0, 0.05) is 18.5 Å². The van der Waals surface area contributed by atoms with E-state index in [2.05, 4.69) is 34.4 Å². The Labute approximate surface area is 119 Å². The van der Waals surface area contributed by atoms with Crippen molar-refractivity contribution in [3.63, 3.8) is 0 Å². The van der Waals surface area contributed by atoms with Crippen molar-refractivity contribution >= 4 is 11.6 Å². The molecule has 108 valence electrons. The Kier molecular flexibility index (Phi) is 4.61. The molecule has 0 spiro atoms. The van der Waals surface area contributed by atoms with Gasteiger partial charge in [0.05, 0.1) is 6.54 Å². The zero-order valence-electron chi connectivity index (χ0n) is 12.6. The minimum atomic E-state index is 0.625. The van der Waals surface area contributed by atoms with Gasteiger partial charge in [-0.15, -0.1) is 0 Å². The molecule has 2 heterocycles. The van der Waals surface area contributed by atoms with Crippen LogP contribution in [0, 0.1) is 13.8 Å². The SMILES string of the molecule is CCNc1nc(CC)nc(NCc2ccc(C)o2)c1C. The Bertz CT molecular complexity index is 577. The summed E-state index contributed by atoms with van der Waals surface area (Å²) in [7, 11) is 0. The smallest absolute Gasteiger partial charge is 0.135 e. The van der Waals surface area contributed by atoms with Gasteiger partial charge in [-0.05, 0) is 32.9 Å². The molecule has 0 saturated carbocycles. The van der Waals surface area contributed by atoms with Gasteiger partial charge in [0.1, 0.15) is 29.0 Å². The molecule has 0 aromatic carbocycles. The summed E-state index contributed by atoms with van der Waals surface area (Å²) in [6, 6.07) is 3.94. The minimum Gasteiger partial charge on any atom is -0.465 e. The van der Waals surface area contributed by atoms with E-state index < -0.39 is 0 Å². The van der Waals surface area contributed by atoms with E-state index in [9.17, 15) is 0 Å². The zero-order chi connectivity index (χ0) is 14.5. The lowest BCUT2D eigenvalue weighted by Gasteiger charge is -2.13. The summed E-state index contributed by atoms with van der Waals surface area (Å²) in [5, 5.41) is 6.61. The molecule has 0 saturated heterocycles. The average Bonchev–Trinajstić information content (AvgIpc) is 2.85. The Balaban J connectivity index is 2.19. The van der Waals surface area contributed by atoms with Crippen molar-refractivity contribution in [1.82, 2.24) is 9.97 Å². The van der Waals surface area contributed by atoms with Gasteiger partial charge in [-0.3, -0.25) is 0 Å². The third-order valence-corrected chi connectivity index (χ3v) is 3.08. The van der Waals surface area contributed by atoms with Crippen LogP contribution in [0.1, 0.15) is 36.8 Å². The largest absolute Gasteiger partial charge is 0.465 e. The predicted molar refractivity (Wildman–Crippen MR) is 81.1 cm³/mol. The van der Waals surface area contributed by atoms with Crippen LogP contribution in [0.5, 0.6) is 0 Å². The van der Waals surface area contributed by atoms with Crippen molar-refractivity contribution < 1.29 is 4.42 Å². The van der Waals surface area contributed by atoms with Gasteiger partial charge in [-0.25, -0.2) is 9.97 Å². The first kappa shape index (κ1) is 14.4. The number of hydrogen-bond donors (Lipinski definition) is 2. The van der Waals surface area contributed by atoms with E-state index in [-0.39, 0.29) is 0 Å². The van der Waals surface area contributed by atoms with Crippen LogP contribution in [-0.2, 0) is 13.0 Å². The first-order valence-electron chi connectivity index (χ1n) is 7.04. The van der Waals surface area contributed by atoms with Crippen molar-refractivity contribution in [2.24, 2.45) is 0 Å². The highest BCUT2D eigenvalue weighted by Gasteiger charge is 2.10. The first-order chi connectivity index (χ1) is 9.63. The standard InChI is InChI=1S/C15H22N4O/c1-5-13-18-14(16-6-2)11(4)15(19-13)17-9-12-8-7-10(3)20-12/h7-8H,5-6,9H2,1-4H3,(H2,16,17,18,19). The summed E-state index contributed by atoms with van der Waals surface area (Å²) in [4.78, 5) is 9.07. The van der Waals surface area contributed by atoms with Crippen LogP contribution < -0.4 is 10.6 Å². The summed E-state index contributed by atoms with van der Waals surface area (Å²) in [5.41, 5.74) is 1.03. The Morgan fingerprint density at radius 1 is 1.05 bits per heavy atom. The molecule has 2 N–H and O–H groups in total. The molecule has 0 radical (unpaired) electrons. The number of hydrogen-bond acceptors (Lipinski definition) is 5. The second kappa shape index (κ2) is 6.41. The molecule has 0 aliphatic heterocycles. The second-order valence-corrected chi connectivity index (χ2v) is 4.71. The number of anilines is 2. The topological polar surface area (TPSA) is 63.0 Å². The Hall–Kier alpha value is -2.04. The van der Waals surface area contributed by atoms with Gasteiger partial charge in [0.25, 0.3) is 0 Å². The molecule has 0 unspecified atom stereocenters. The van der Waals surface area contributed by atoms with E-state index in [0.717, 1.165) is 47.5 Å². The molecule has 20 heavy (non-hydrogen) atoms. The molecule has 2 aromatic rings. The van der Waals surface area contributed by atoms with Gasteiger partial charge in [-0.2, -0.15) is 0 Å². The molecule has 5 nitrogen and oxygen atoms in total. The van der Waals surface area contributed by atoms with Crippen molar-refractivity contribution in [3.8, 4) is 0 Å². The van der Waals surface area contributed by atoms with Crippen LogP contribution in [0.15, 0.2) is 16.5 Å². The van der Waals surface area contributed by atoms with Crippen molar-refractivity contribution in [2.45, 2.75) is 40.7 Å². The van der Waals surface area contributed by atoms with Gasteiger partial charge in [-0.1, -0.05) is 6.92 Å². The predicted octanol–water partition coefficient (Wildman–Crippen LogP) is 3.29. The molecule has 0 aliphatic rings. The third-order valence-electron chi connectivity index (χ3n) is 3.08. The zero-order valence-corrected chi connectivity index (χ0v) is 12.6. The molecular formula is C15H22N4O. The van der Waals surface area contributed by atoms with E-state index in [1.807, 2.05) is 26.0 Å². The quantitative estimate of drug-likeness (QED) is 0.846. The van der Waals surface area contributed by atoms with Crippen molar-refractivity contribution in [2.75, 3.05) is 17.2 Å². The molecule has 5 heteroatoms. The highest BCUT2D eigenvalue weighted by molar-refractivity contribution is 5.57. The highest BCUT2D eigenvalue weighted by Crippen LogP contribution is 2.21. The molecule has 0 aliphatic carbocycles.